The lowest BCUT2D eigenvalue weighted by Crippen LogP contribution is -1.92. The zero-order valence-electron chi connectivity index (χ0n) is 10.7. The van der Waals surface area contributed by atoms with Crippen LogP contribution in [-0.4, -0.2) is 16.8 Å². The van der Waals surface area contributed by atoms with E-state index in [1.807, 2.05) is 30.3 Å². The van der Waals surface area contributed by atoms with Gasteiger partial charge in [0.15, 0.2) is 11.5 Å². The standard InChI is InChI=1S/C15H9BrN2O3/c16-15-2-1-9(7-18-15)21-12-3-4-17-11-6-14-13(5-10(11)12)19-8-20-14/h1-7H,8H2. The number of pyridine rings is 2. The molecule has 0 atom stereocenters. The lowest BCUT2D eigenvalue weighted by molar-refractivity contribution is 0.174. The maximum absolute atomic E-state index is 5.89. The first kappa shape index (κ1) is 12.4. The van der Waals surface area contributed by atoms with Crippen LogP contribution in [0.1, 0.15) is 0 Å². The third-order valence-corrected chi connectivity index (χ3v) is 3.59. The minimum atomic E-state index is 0.235. The zero-order valence-corrected chi connectivity index (χ0v) is 12.3. The summed E-state index contributed by atoms with van der Waals surface area (Å²) in [6.07, 6.45) is 3.36. The molecule has 0 unspecified atom stereocenters. The summed E-state index contributed by atoms with van der Waals surface area (Å²) in [5.41, 5.74) is 0.793. The fraction of sp³-hybridized carbons (Fsp3) is 0.0667. The number of fused-ring (bicyclic) bond motifs is 2. The molecule has 0 spiro atoms. The predicted molar refractivity (Wildman–Crippen MR) is 79.9 cm³/mol. The van der Waals surface area contributed by atoms with Crippen LogP contribution in [0.3, 0.4) is 0 Å². The van der Waals surface area contributed by atoms with E-state index in [9.17, 15) is 0 Å². The van der Waals surface area contributed by atoms with E-state index in [2.05, 4.69) is 25.9 Å². The highest BCUT2D eigenvalue weighted by Crippen LogP contribution is 2.39. The molecule has 0 saturated carbocycles. The molecule has 2 aromatic heterocycles. The zero-order chi connectivity index (χ0) is 14.2. The van der Waals surface area contributed by atoms with E-state index in [1.165, 1.54) is 0 Å². The molecule has 3 heterocycles. The lowest BCUT2D eigenvalue weighted by Gasteiger charge is -2.09. The van der Waals surface area contributed by atoms with E-state index in [-0.39, 0.29) is 6.79 Å². The molecule has 4 rings (SSSR count). The molecule has 104 valence electrons. The van der Waals surface area contributed by atoms with E-state index >= 15 is 0 Å². The van der Waals surface area contributed by atoms with Crippen molar-refractivity contribution >= 4 is 26.8 Å². The van der Waals surface area contributed by atoms with Crippen molar-refractivity contribution in [1.82, 2.24) is 9.97 Å². The van der Waals surface area contributed by atoms with Crippen molar-refractivity contribution in [3.8, 4) is 23.0 Å². The Morgan fingerprint density at radius 3 is 2.71 bits per heavy atom. The van der Waals surface area contributed by atoms with Crippen LogP contribution in [0.15, 0.2) is 47.3 Å². The van der Waals surface area contributed by atoms with E-state index < -0.39 is 0 Å². The third kappa shape index (κ3) is 2.27. The molecule has 0 radical (unpaired) electrons. The second-order valence-corrected chi connectivity index (χ2v) is 5.26. The molecular weight excluding hydrogens is 336 g/mol. The first-order valence-corrected chi connectivity index (χ1v) is 7.07. The molecule has 0 N–H and O–H groups in total. The average molecular weight is 345 g/mol. The van der Waals surface area contributed by atoms with Crippen molar-refractivity contribution < 1.29 is 14.2 Å². The van der Waals surface area contributed by atoms with Crippen LogP contribution in [-0.2, 0) is 0 Å². The maximum atomic E-state index is 5.89. The maximum Gasteiger partial charge on any atom is 0.231 e. The summed E-state index contributed by atoms with van der Waals surface area (Å²) in [6.45, 7) is 0.235. The minimum Gasteiger partial charge on any atom is -0.455 e. The van der Waals surface area contributed by atoms with Gasteiger partial charge in [0, 0.05) is 17.6 Å². The van der Waals surface area contributed by atoms with E-state index in [4.69, 9.17) is 14.2 Å². The summed E-state index contributed by atoms with van der Waals surface area (Å²) in [4.78, 5) is 8.48. The molecule has 1 aromatic carbocycles. The molecule has 0 fully saturated rings. The molecule has 0 amide bonds. The molecule has 0 bridgehead atoms. The van der Waals surface area contributed by atoms with Crippen LogP contribution in [0, 0.1) is 0 Å². The van der Waals surface area contributed by atoms with Gasteiger partial charge in [-0.1, -0.05) is 0 Å². The SMILES string of the molecule is Brc1ccc(Oc2ccnc3cc4c(cc23)OCO4)cn1. The second-order valence-electron chi connectivity index (χ2n) is 4.45. The summed E-state index contributed by atoms with van der Waals surface area (Å²) in [7, 11) is 0. The van der Waals surface area contributed by atoms with E-state index in [1.54, 1.807) is 12.4 Å². The number of hydrogen-bond donors (Lipinski definition) is 0. The summed E-state index contributed by atoms with van der Waals surface area (Å²) in [6, 6.07) is 9.22. The molecule has 6 heteroatoms. The molecule has 1 aliphatic rings. The van der Waals surface area contributed by atoms with E-state index in [0.29, 0.717) is 23.0 Å². The number of ether oxygens (including phenoxy) is 3. The molecule has 21 heavy (non-hydrogen) atoms. The monoisotopic (exact) mass is 344 g/mol. The summed E-state index contributed by atoms with van der Waals surface area (Å²) in [5, 5.41) is 0.865. The van der Waals surface area contributed by atoms with Crippen LogP contribution in [0.4, 0.5) is 0 Å². The summed E-state index contributed by atoms with van der Waals surface area (Å²) >= 11 is 3.30. The predicted octanol–water partition coefficient (Wildman–Crippen LogP) is 3.91. The van der Waals surface area contributed by atoms with Crippen molar-refractivity contribution in [2.45, 2.75) is 0 Å². The average Bonchev–Trinajstić information content (AvgIpc) is 2.95. The quantitative estimate of drug-likeness (QED) is 0.659. The van der Waals surface area contributed by atoms with Gasteiger partial charge >= 0.3 is 0 Å². The Morgan fingerprint density at radius 1 is 1.05 bits per heavy atom. The minimum absolute atomic E-state index is 0.235. The van der Waals surface area contributed by atoms with Gasteiger partial charge in [-0.05, 0) is 40.2 Å². The third-order valence-electron chi connectivity index (χ3n) is 3.12. The van der Waals surface area contributed by atoms with Crippen molar-refractivity contribution in [3.63, 3.8) is 0 Å². The van der Waals surface area contributed by atoms with Gasteiger partial charge < -0.3 is 14.2 Å². The van der Waals surface area contributed by atoms with Crippen LogP contribution in [0.5, 0.6) is 23.0 Å². The van der Waals surface area contributed by atoms with Gasteiger partial charge in [-0.2, -0.15) is 0 Å². The van der Waals surface area contributed by atoms with Crippen molar-refractivity contribution in [1.29, 1.82) is 0 Å². The smallest absolute Gasteiger partial charge is 0.231 e. The fourth-order valence-electron chi connectivity index (χ4n) is 2.15. The van der Waals surface area contributed by atoms with Gasteiger partial charge in [-0.3, -0.25) is 4.98 Å². The second kappa shape index (κ2) is 4.89. The molecule has 0 saturated heterocycles. The number of nitrogens with zero attached hydrogens (tertiary/aromatic N) is 2. The first-order valence-electron chi connectivity index (χ1n) is 6.27. The molecule has 3 aromatic rings. The van der Waals surface area contributed by atoms with Gasteiger partial charge in [0.25, 0.3) is 0 Å². The first-order chi connectivity index (χ1) is 10.3. The highest BCUT2D eigenvalue weighted by molar-refractivity contribution is 9.10. The Balaban J connectivity index is 1.79. The van der Waals surface area contributed by atoms with Gasteiger partial charge in [0.05, 0.1) is 11.7 Å². The number of rotatable bonds is 2. The normalized spacial score (nSPS) is 12.6. The molecule has 0 aliphatic carbocycles. The topological polar surface area (TPSA) is 53.5 Å². The van der Waals surface area contributed by atoms with Crippen LogP contribution < -0.4 is 14.2 Å². The van der Waals surface area contributed by atoms with E-state index in [0.717, 1.165) is 15.5 Å². The highest BCUT2D eigenvalue weighted by atomic mass is 79.9. The molecule has 1 aliphatic heterocycles. The Labute approximate surface area is 128 Å². The Hall–Kier alpha value is -2.34. The van der Waals surface area contributed by atoms with Gasteiger partial charge in [-0.15, -0.1) is 0 Å². The number of benzene rings is 1. The van der Waals surface area contributed by atoms with Gasteiger partial charge in [0.1, 0.15) is 16.1 Å². The van der Waals surface area contributed by atoms with Crippen molar-refractivity contribution in [2.24, 2.45) is 0 Å². The Bertz CT molecular complexity index is 821. The Morgan fingerprint density at radius 2 is 1.90 bits per heavy atom. The number of hydrogen-bond acceptors (Lipinski definition) is 5. The largest absolute Gasteiger partial charge is 0.455 e. The van der Waals surface area contributed by atoms with Crippen LogP contribution in [0.25, 0.3) is 10.9 Å². The van der Waals surface area contributed by atoms with Crippen LogP contribution in [0.2, 0.25) is 0 Å². The Kier molecular flexibility index (Phi) is 2.89. The summed E-state index contributed by atoms with van der Waals surface area (Å²) < 4.78 is 17.4. The summed E-state index contributed by atoms with van der Waals surface area (Å²) in [5.74, 6) is 2.76. The van der Waals surface area contributed by atoms with Gasteiger partial charge in [-0.25, -0.2) is 4.98 Å². The van der Waals surface area contributed by atoms with Crippen molar-refractivity contribution in [3.05, 3.63) is 47.3 Å². The fourth-order valence-corrected chi connectivity index (χ4v) is 2.38. The molecule has 5 nitrogen and oxygen atoms in total. The highest BCUT2D eigenvalue weighted by Gasteiger charge is 2.16. The molecular formula is C15H9BrN2O3. The number of halogens is 1. The number of aromatic nitrogens is 2. The van der Waals surface area contributed by atoms with Crippen molar-refractivity contribution in [2.75, 3.05) is 6.79 Å². The lowest BCUT2D eigenvalue weighted by atomic mass is 10.2. The van der Waals surface area contributed by atoms with Crippen LogP contribution >= 0.6 is 15.9 Å². The van der Waals surface area contributed by atoms with Gasteiger partial charge in [0.2, 0.25) is 6.79 Å².